The average Bonchev–Trinajstić information content (AvgIpc) is 2.69. The van der Waals surface area contributed by atoms with E-state index in [4.69, 9.17) is 0 Å². The highest BCUT2D eigenvalue weighted by molar-refractivity contribution is 5.46. The van der Waals surface area contributed by atoms with E-state index in [0.717, 1.165) is 18.2 Å². The van der Waals surface area contributed by atoms with Gasteiger partial charge in [0.05, 0.1) is 11.4 Å². The van der Waals surface area contributed by atoms with Crippen molar-refractivity contribution >= 4 is 5.69 Å². The van der Waals surface area contributed by atoms with E-state index in [1.54, 1.807) is 0 Å². The predicted molar refractivity (Wildman–Crippen MR) is 59.4 cm³/mol. The van der Waals surface area contributed by atoms with E-state index >= 15 is 0 Å². The molecule has 0 radical (unpaired) electrons. The normalized spacial score (nSPS) is 17.2. The van der Waals surface area contributed by atoms with Gasteiger partial charge in [0.25, 0.3) is 0 Å². The maximum atomic E-state index is 4.26. The number of hydrogen-bond donors (Lipinski definition) is 1. The monoisotopic (exact) mass is 190 g/mol. The molecule has 1 aromatic heterocycles. The first-order valence-electron chi connectivity index (χ1n) is 5.52. The lowest BCUT2D eigenvalue weighted by Gasteiger charge is -2.12. The Kier molecular flexibility index (Phi) is 3.02. The topological polar surface area (TPSA) is 24.9 Å². The number of hydrogen-bond acceptors (Lipinski definition) is 2. The molecule has 1 heterocycles. The summed E-state index contributed by atoms with van der Waals surface area (Å²) in [7, 11) is 0. The molecular weight excluding hydrogens is 172 g/mol. The number of rotatable bonds is 3. The van der Waals surface area contributed by atoms with E-state index in [1.165, 1.54) is 31.4 Å². The fourth-order valence-corrected chi connectivity index (χ4v) is 2.14. The van der Waals surface area contributed by atoms with Crippen LogP contribution in [0.2, 0.25) is 0 Å². The molecule has 0 aliphatic heterocycles. The second kappa shape index (κ2) is 4.45. The van der Waals surface area contributed by atoms with E-state index in [-0.39, 0.29) is 0 Å². The molecule has 0 spiro atoms. The lowest BCUT2D eigenvalue weighted by atomic mass is 10.1. The largest absolute Gasteiger partial charge is 0.383 e. The highest BCUT2D eigenvalue weighted by Gasteiger charge is 2.14. The summed E-state index contributed by atoms with van der Waals surface area (Å²) in [5.41, 5.74) is 2.30. The number of pyridine rings is 1. The molecule has 1 fully saturated rings. The van der Waals surface area contributed by atoms with E-state index in [9.17, 15) is 0 Å². The van der Waals surface area contributed by atoms with E-state index in [1.807, 2.05) is 12.3 Å². The second-order valence-corrected chi connectivity index (χ2v) is 4.17. The van der Waals surface area contributed by atoms with Crippen LogP contribution in [0.3, 0.4) is 0 Å². The summed E-state index contributed by atoms with van der Waals surface area (Å²) in [6.45, 7) is 3.17. The van der Waals surface area contributed by atoms with Crippen molar-refractivity contribution in [2.75, 3.05) is 11.9 Å². The Bertz CT molecular complexity index is 290. The lowest BCUT2D eigenvalue weighted by molar-refractivity contribution is 0.579. The minimum Gasteiger partial charge on any atom is -0.383 e. The van der Waals surface area contributed by atoms with Crippen LogP contribution in [-0.4, -0.2) is 11.5 Å². The summed E-state index contributed by atoms with van der Waals surface area (Å²) in [6.07, 6.45) is 7.46. The van der Waals surface area contributed by atoms with E-state index in [0.29, 0.717) is 0 Å². The van der Waals surface area contributed by atoms with Crippen LogP contribution in [0, 0.1) is 12.8 Å². The highest BCUT2D eigenvalue weighted by Crippen LogP contribution is 2.25. The Labute approximate surface area is 85.7 Å². The zero-order valence-corrected chi connectivity index (χ0v) is 8.79. The van der Waals surface area contributed by atoms with Gasteiger partial charge in [0.2, 0.25) is 0 Å². The van der Waals surface area contributed by atoms with Crippen molar-refractivity contribution in [3.05, 3.63) is 24.0 Å². The third-order valence-corrected chi connectivity index (χ3v) is 3.06. The first-order chi connectivity index (χ1) is 6.86. The molecule has 2 heteroatoms. The third-order valence-electron chi connectivity index (χ3n) is 3.06. The highest BCUT2D eigenvalue weighted by atomic mass is 14.9. The Balaban J connectivity index is 1.88. The molecule has 1 aliphatic rings. The van der Waals surface area contributed by atoms with Gasteiger partial charge in [-0.05, 0) is 37.8 Å². The Hall–Kier alpha value is -1.05. The molecule has 1 aromatic rings. The molecule has 0 unspecified atom stereocenters. The quantitative estimate of drug-likeness (QED) is 0.792. The first kappa shape index (κ1) is 9.50. The summed E-state index contributed by atoms with van der Waals surface area (Å²) in [5, 5.41) is 3.49. The molecule has 2 nitrogen and oxygen atoms in total. The summed E-state index contributed by atoms with van der Waals surface area (Å²) in [6, 6.07) is 4.10. The van der Waals surface area contributed by atoms with Crippen LogP contribution < -0.4 is 5.32 Å². The van der Waals surface area contributed by atoms with Crippen LogP contribution in [0.1, 0.15) is 31.4 Å². The smallest absolute Gasteiger partial charge is 0.0603 e. The van der Waals surface area contributed by atoms with Gasteiger partial charge in [0.15, 0.2) is 0 Å². The molecule has 2 rings (SSSR count). The van der Waals surface area contributed by atoms with Crippen molar-refractivity contribution < 1.29 is 0 Å². The van der Waals surface area contributed by atoms with Gasteiger partial charge < -0.3 is 5.32 Å². The van der Waals surface area contributed by atoms with Crippen molar-refractivity contribution in [2.45, 2.75) is 32.6 Å². The van der Waals surface area contributed by atoms with E-state index in [2.05, 4.69) is 23.3 Å². The van der Waals surface area contributed by atoms with Gasteiger partial charge in [-0.2, -0.15) is 0 Å². The van der Waals surface area contributed by atoms with Crippen molar-refractivity contribution in [1.29, 1.82) is 0 Å². The maximum Gasteiger partial charge on any atom is 0.0603 e. The van der Waals surface area contributed by atoms with Crippen LogP contribution >= 0.6 is 0 Å². The molecule has 0 bridgehead atoms. The van der Waals surface area contributed by atoms with E-state index < -0.39 is 0 Å². The number of nitrogens with zero attached hydrogens (tertiary/aromatic N) is 1. The zero-order chi connectivity index (χ0) is 9.80. The third kappa shape index (κ3) is 2.25. The van der Waals surface area contributed by atoms with Gasteiger partial charge in [-0.1, -0.05) is 12.8 Å². The Morgan fingerprint density at radius 1 is 1.43 bits per heavy atom. The van der Waals surface area contributed by atoms with Gasteiger partial charge in [0, 0.05) is 12.7 Å². The predicted octanol–water partition coefficient (Wildman–Crippen LogP) is 2.99. The number of anilines is 1. The van der Waals surface area contributed by atoms with Crippen molar-refractivity contribution in [1.82, 2.24) is 4.98 Å². The maximum absolute atomic E-state index is 4.26. The summed E-state index contributed by atoms with van der Waals surface area (Å²) in [4.78, 5) is 4.26. The minimum atomic E-state index is 0.884. The standard InChI is InChI=1S/C12H18N2/c1-10-12(7-4-8-13-10)14-9-11-5-2-3-6-11/h4,7-8,11,14H,2-3,5-6,9H2,1H3. The summed E-state index contributed by atoms with van der Waals surface area (Å²) < 4.78 is 0. The molecule has 0 aromatic carbocycles. The molecular formula is C12H18N2. The van der Waals surface area contributed by atoms with Gasteiger partial charge in [0.1, 0.15) is 0 Å². The number of aryl methyl sites for hydroxylation is 1. The van der Waals surface area contributed by atoms with Crippen LogP contribution in [0.25, 0.3) is 0 Å². The van der Waals surface area contributed by atoms with Crippen LogP contribution in [0.15, 0.2) is 18.3 Å². The fraction of sp³-hybridized carbons (Fsp3) is 0.583. The number of aromatic nitrogens is 1. The van der Waals surface area contributed by atoms with Crippen LogP contribution in [-0.2, 0) is 0 Å². The van der Waals surface area contributed by atoms with Crippen LogP contribution in [0.5, 0.6) is 0 Å². The molecule has 1 aliphatic carbocycles. The van der Waals surface area contributed by atoms with Crippen molar-refractivity contribution in [3.63, 3.8) is 0 Å². The molecule has 0 atom stereocenters. The molecule has 1 N–H and O–H groups in total. The number of nitrogens with one attached hydrogen (secondary N) is 1. The first-order valence-corrected chi connectivity index (χ1v) is 5.52. The lowest BCUT2D eigenvalue weighted by Crippen LogP contribution is -2.11. The van der Waals surface area contributed by atoms with Crippen molar-refractivity contribution in [2.24, 2.45) is 5.92 Å². The summed E-state index contributed by atoms with van der Waals surface area (Å²) in [5.74, 6) is 0.884. The molecule has 1 saturated carbocycles. The van der Waals surface area contributed by atoms with Gasteiger partial charge in [-0.3, -0.25) is 4.98 Å². The van der Waals surface area contributed by atoms with Gasteiger partial charge in [-0.25, -0.2) is 0 Å². The van der Waals surface area contributed by atoms with Gasteiger partial charge in [-0.15, -0.1) is 0 Å². The molecule has 76 valence electrons. The minimum absolute atomic E-state index is 0.884. The van der Waals surface area contributed by atoms with Gasteiger partial charge >= 0.3 is 0 Å². The second-order valence-electron chi connectivity index (χ2n) is 4.17. The zero-order valence-electron chi connectivity index (χ0n) is 8.79. The molecule has 14 heavy (non-hydrogen) atoms. The molecule has 0 amide bonds. The molecule has 0 saturated heterocycles. The Morgan fingerprint density at radius 2 is 2.21 bits per heavy atom. The van der Waals surface area contributed by atoms with Crippen LogP contribution in [0.4, 0.5) is 5.69 Å². The van der Waals surface area contributed by atoms with Crippen molar-refractivity contribution in [3.8, 4) is 0 Å². The summed E-state index contributed by atoms with van der Waals surface area (Å²) >= 11 is 0. The Morgan fingerprint density at radius 3 is 2.93 bits per heavy atom. The SMILES string of the molecule is Cc1ncccc1NCC1CCCC1. The fourth-order valence-electron chi connectivity index (χ4n) is 2.14. The average molecular weight is 190 g/mol.